The second-order valence-electron chi connectivity index (χ2n) is 5.09. The molecule has 3 nitrogen and oxygen atoms in total. The number of aryl methyl sites for hydroxylation is 3. The second-order valence-corrected chi connectivity index (χ2v) is 5.09. The zero-order chi connectivity index (χ0) is 14.4. The summed E-state index contributed by atoms with van der Waals surface area (Å²) in [4.78, 5) is 12.0. The zero-order valence-corrected chi connectivity index (χ0v) is 12.2. The number of amides is 1. The van der Waals surface area contributed by atoms with Crippen LogP contribution < -0.4 is 5.32 Å². The first kappa shape index (κ1) is 15.2. The van der Waals surface area contributed by atoms with E-state index in [1.54, 1.807) is 0 Å². The summed E-state index contributed by atoms with van der Waals surface area (Å²) in [6.45, 7) is 8.11. The summed E-state index contributed by atoms with van der Waals surface area (Å²) in [5, 5.41) is 11.6. The summed E-state index contributed by atoms with van der Waals surface area (Å²) in [7, 11) is 0. The summed E-state index contributed by atoms with van der Waals surface area (Å²) in [6, 6.07) is 6.26. The van der Waals surface area contributed by atoms with Crippen LogP contribution in [0.15, 0.2) is 12.1 Å². The Bertz CT molecular complexity index is 477. The van der Waals surface area contributed by atoms with E-state index in [0.29, 0.717) is 12.8 Å². The van der Waals surface area contributed by atoms with Crippen molar-refractivity contribution in [3.8, 4) is 6.07 Å². The van der Waals surface area contributed by atoms with Gasteiger partial charge in [0, 0.05) is 6.04 Å². The molecule has 1 N–H and O–H groups in total. The Hall–Kier alpha value is -1.82. The van der Waals surface area contributed by atoms with Crippen molar-refractivity contribution in [3.05, 3.63) is 34.4 Å². The monoisotopic (exact) mass is 258 g/mol. The maximum atomic E-state index is 12.0. The highest BCUT2D eigenvalue weighted by atomic mass is 16.1. The number of nitriles is 1. The lowest BCUT2D eigenvalue weighted by Gasteiger charge is -2.15. The maximum Gasteiger partial charge on any atom is 0.224 e. The first-order chi connectivity index (χ1) is 8.97. The van der Waals surface area contributed by atoms with Gasteiger partial charge in [0.15, 0.2) is 0 Å². The van der Waals surface area contributed by atoms with Crippen LogP contribution in [-0.4, -0.2) is 11.9 Å². The highest BCUT2D eigenvalue weighted by Crippen LogP contribution is 2.17. The van der Waals surface area contributed by atoms with Crippen LogP contribution in [0.25, 0.3) is 0 Å². The molecule has 0 fully saturated rings. The standard InChI is InChI=1S/C16H22N2O/c1-5-14(6-7-17)18-16(19)10-15-12(3)8-11(2)9-13(15)4/h8-9,14H,5-6,10H2,1-4H3,(H,18,19). The van der Waals surface area contributed by atoms with Crippen LogP contribution >= 0.6 is 0 Å². The summed E-state index contributed by atoms with van der Waals surface area (Å²) in [5.74, 6) is -0.00264. The summed E-state index contributed by atoms with van der Waals surface area (Å²) >= 11 is 0. The molecule has 0 aromatic heterocycles. The molecule has 1 atom stereocenters. The second kappa shape index (κ2) is 6.94. The molecule has 0 heterocycles. The zero-order valence-electron chi connectivity index (χ0n) is 12.2. The van der Waals surface area contributed by atoms with Gasteiger partial charge in [0.2, 0.25) is 5.91 Å². The van der Waals surface area contributed by atoms with Gasteiger partial charge in [0.05, 0.1) is 18.9 Å². The Kier molecular flexibility index (Phi) is 5.57. The molecule has 102 valence electrons. The number of carbonyl (C=O) groups excluding carboxylic acids is 1. The van der Waals surface area contributed by atoms with E-state index >= 15 is 0 Å². The molecule has 1 aromatic carbocycles. The number of carbonyl (C=O) groups is 1. The lowest BCUT2D eigenvalue weighted by atomic mass is 9.97. The van der Waals surface area contributed by atoms with Crippen molar-refractivity contribution < 1.29 is 4.79 Å². The van der Waals surface area contributed by atoms with Crippen LogP contribution in [-0.2, 0) is 11.2 Å². The van der Waals surface area contributed by atoms with E-state index in [1.165, 1.54) is 5.56 Å². The molecular formula is C16H22N2O. The molecule has 1 unspecified atom stereocenters. The van der Waals surface area contributed by atoms with Crippen LogP contribution in [0.4, 0.5) is 0 Å². The Morgan fingerprint density at radius 3 is 2.37 bits per heavy atom. The Morgan fingerprint density at radius 2 is 1.89 bits per heavy atom. The minimum absolute atomic E-state index is 0.00264. The molecule has 0 saturated carbocycles. The number of nitrogens with one attached hydrogen (secondary N) is 1. The molecule has 1 aromatic rings. The van der Waals surface area contributed by atoms with E-state index in [0.717, 1.165) is 23.1 Å². The van der Waals surface area contributed by atoms with Crippen molar-refractivity contribution in [3.63, 3.8) is 0 Å². The Morgan fingerprint density at radius 1 is 1.32 bits per heavy atom. The SMILES string of the molecule is CCC(CC#N)NC(=O)Cc1c(C)cc(C)cc1C. The van der Waals surface area contributed by atoms with Gasteiger partial charge in [-0.15, -0.1) is 0 Å². The van der Waals surface area contributed by atoms with Gasteiger partial charge in [-0.2, -0.15) is 5.26 Å². The highest BCUT2D eigenvalue weighted by Gasteiger charge is 2.13. The third kappa shape index (κ3) is 4.40. The van der Waals surface area contributed by atoms with E-state index in [4.69, 9.17) is 5.26 Å². The van der Waals surface area contributed by atoms with Gasteiger partial charge >= 0.3 is 0 Å². The molecule has 0 bridgehead atoms. The largest absolute Gasteiger partial charge is 0.352 e. The minimum Gasteiger partial charge on any atom is -0.352 e. The van der Waals surface area contributed by atoms with Gasteiger partial charge in [-0.25, -0.2) is 0 Å². The normalized spacial score (nSPS) is 11.7. The van der Waals surface area contributed by atoms with Crippen molar-refractivity contribution in [2.75, 3.05) is 0 Å². The van der Waals surface area contributed by atoms with Gasteiger partial charge in [-0.1, -0.05) is 24.6 Å². The first-order valence-corrected chi connectivity index (χ1v) is 6.71. The van der Waals surface area contributed by atoms with Gasteiger partial charge in [0.1, 0.15) is 0 Å². The molecule has 0 spiro atoms. The first-order valence-electron chi connectivity index (χ1n) is 6.71. The fourth-order valence-corrected chi connectivity index (χ4v) is 2.34. The predicted molar refractivity (Wildman–Crippen MR) is 76.8 cm³/mol. The van der Waals surface area contributed by atoms with E-state index in [9.17, 15) is 4.79 Å². The van der Waals surface area contributed by atoms with Crippen LogP contribution in [0.5, 0.6) is 0 Å². The summed E-state index contributed by atoms with van der Waals surface area (Å²) < 4.78 is 0. The third-order valence-electron chi connectivity index (χ3n) is 3.37. The molecular weight excluding hydrogens is 236 g/mol. The molecule has 0 aliphatic heterocycles. The fourth-order valence-electron chi connectivity index (χ4n) is 2.34. The Labute approximate surface area is 115 Å². The van der Waals surface area contributed by atoms with Crippen LogP contribution in [0, 0.1) is 32.1 Å². The lowest BCUT2D eigenvalue weighted by Crippen LogP contribution is -2.35. The van der Waals surface area contributed by atoms with Gasteiger partial charge in [0.25, 0.3) is 0 Å². The fraction of sp³-hybridized carbons (Fsp3) is 0.500. The minimum atomic E-state index is -0.0384. The molecule has 1 amide bonds. The smallest absolute Gasteiger partial charge is 0.224 e. The van der Waals surface area contributed by atoms with Gasteiger partial charge < -0.3 is 5.32 Å². The van der Waals surface area contributed by atoms with Crippen LogP contribution in [0.1, 0.15) is 42.0 Å². The molecule has 1 rings (SSSR count). The van der Waals surface area contributed by atoms with E-state index < -0.39 is 0 Å². The third-order valence-corrected chi connectivity index (χ3v) is 3.37. The number of benzene rings is 1. The average Bonchev–Trinajstić information content (AvgIpc) is 2.33. The molecule has 0 saturated heterocycles. The topological polar surface area (TPSA) is 52.9 Å². The molecule has 3 heteroatoms. The van der Waals surface area contributed by atoms with Crippen molar-refractivity contribution >= 4 is 5.91 Å². The van der Waals surface area contributed by atoms with Crippen LogP contribution in [0.3, 0.4) is 0 Å². The number of hydrogen-bond acceptors (Lipinski definition) is 2. The van der Waals surface area contributed by atoms with E-state index in [2.05, 4.69) is 30.4 Å². The average molecular weight is 258 g/mol. The Balaban J connectivity index is 2.75. The van der Waals surface area contributed by atoms with Crippen molar-refractivity contribution in [2.24, 2.45) is 0 Å². The quantitative estimate of drug-likeness (QED) is 0.882. The molecule has 0 aliphatic rings. The number of hydrogen-bond donors (Lipinski definition) is 1. The van der Waals surface area contributed by atoms with Gasteiger partial charge in [-0.3, -0.25) is 4.79 Å². The maximum absolute atomic E-state index is 12.0. The highest BCUT2D eigenvalue weighted by molar-refractivity contribution is 5.79. The van der Waals surface area contributed by atoms with E-state index in [-0.39, 0.29) is 11.9 Å². The molecule has 19 heavy (non-hydrogen) atoms. The molecule has 0 radical (unpaired) electrons. The number of rotatable bonds is 5. The lowest BCUT2D eigenvalue weighted by molar-refractivity contribution is -0.121. The van der Waals surface area contributed by atoms with Crippen molar-refractivity contribution in [1.82, 2.24) is 5.32 Å². The predicted octanol–water partition coefficient (Wildman–Crippen LogP) is 2.96. The van der Waals surface area contributed by atoms with Gasteiger partial charge in [-0.05, 0) is 43.9 Å². The number of nitrogens with zero attached hydrogens (tertiary/aromatic N) is 1. The molecule has 0 aliphatic carbocycles. The van der Waals surface area contributed by atoms with Crippen LogP contribution in [0.2, 0.25) is 0 Å². The summed E-state index contributed by atoms with van der Waals surface area (Å²) in [6.07, 6.45) is 1.54. The van der Waals surface area contributed by atoms with E-state index in [1.807, 2.05) is 20.8 Å². The van der Waals surface area contributed by atoms with Crippen molar-refractivity contribution in [2.45, 2.75) is 53.0 Å². The summed E-state index contributed by atoms with van der Waals surface area (Å²) in [5.41, 5.74) is 4.62. The van der Waals surface area contributed by atoms with Crippen molar-refractivity contribution in [1.29, 1.82) is 5.26 Å².